The highest BCUT2D eigenvalue weighted by Crippen LogP contribution is 2.29. The number of amides is 1. The van der Waals surface area contributed by atoms with Gasteiger partial charge in [0, 0.05) is 22.4 Å². The summed E-state index contributed by atoms with van der Waals surface area (Å²) in [5.74, 6) is 0.0362. The number of hydrogen-bond acceptors (Lipinski definition) is 6. The Kier molecular flexibility index (Phi) is 4.19. The average molecular weight is 331 g/mol. The number of benzene rings is 1. The molecule has 1 aromatic heterocycles. The maximum absolute atomic E-state index is 11.9. The van der Waals surface area contributed by atoms with Crippen LogP contribution in [0.1, 0.15) is 16.2 Å². The Morgan fingerprint density at radius 3 is 2.62 bits per heavy atom. The summed E-state index contributed by atoms with van der Waals surface area (Å²) in [4.78, 5) is 11.7. The van der Waals surface area contributed by atoms with Crippen molar-refractivity contribution >= 4 is 31.3 Å². The highest BCUT2D eigenvalue weighted by Gasteiger charge is 2.19. The average Bonchev–Trinajstić information content (AvgIpc) is 2.84. The Bertz CT molecular complexity index is 785. The second-order valence-corrected chi connectivity index (χ2v) is 6.61. The zero-order valence-electron chi connectivity index (χ0n) is 11.1. The fourth-order valence-electron chi connectivity index (χ4n) is 1.61. The van der Waals surface area contributed by atoms with Crippen LogP contribution in [0.4, 0.5) is 5.69 Å². The van der Waals surface area contributed by atoms with E-state index in [-0.39, 0.29) is 22.0 Å². The first-order valence-corrected chi connectivity index (χ1v) is 7.99. The SMILES string of the molecule is COc1ccc(NC(=O)c2cc(C)on2)cc1S(=O)(=O)Cl. The van der Waals surface area contributed by atoms with E-state index in [4.69, 9.17) is 19.9 Å². The van der Waals surface area contributed by atoms with Crippen molar-refractivity contribution in [3.8, 4) is 5.75 Å². The molecule has 0 spiro atoms. The molecular formula is C12H11ClN2O5S. The second-order valence-electron chi connectivity index (χ2n) is 4.08. The summed E-state index contributed by atoms with van der Waals surface area (Å²) in [6, 6.07) is 5.53. The van der Waals surface area contributed by atoms with Crippen molar-refractivity contribution in [3.63, 3.8) is 0 Å². The highest BCUT2D eigenvalue weighted by molar-refractivity contribution is 8.13. The zero-order chi connectivity index (χ0) is 15.6. The van der Waals surface area contributed by atoms with Crippen LogP contribution >= 0.6 is 10.7 Å². The Morgan fingerprint density at radius 2 is 2.10 bits per heavy atom. The molecule has 9 heteroatoms. The van der Waals surface area contributed by atoms with Gasteiger partial charge >= 0.3 is 0 Å². The van der Waals surface area contributed by atoms with E-state index < -0.39 is 15.0 Å². The molecular weight excluding hydrogens is 320 g/mol. The molecule has 7 nitrogen and oxygen atoms in total. The van der Waals surface area contributed by atoms with Crippen LogP contribution in [0.3, 0.4) is 0 Å². The molecule has 0 aliphatic heterocycles. The van der Waals surface area contributed by atoms with Gasteiger partial charge in [0.15, 0.2) is 5.69 Å². The molecule has 0 bridgehead atoms. The molecule has 1 heterocycles. The van der Waals surface area contributed by atoms with E-state index in [0.717, 1.165) is 0 Å². The predicted octanol–water partition coefficient (Wildman–Crippen LogP) is 2.17. The number of carbonyl (C=O) groups excluding carboxylic acids is 1. The van der Waals surface area contributed by atoms with Gasteiger partial charge in [0.25, 0.3) is 15.0 Å². The molecule has 112 valence electrons. The number of nitrogens with zero attached hydrogens (tertiary/aromatic N) is 1. The van der Waals surface area contributed by atoms with Crippen LogP contribution in [-0.4, -0.2) is 26.6 Å². The number of rotatable bonds is 4. The lowest BCUT2D eigenvalue weighted by Crippen LogP contribution is -2.12. The summed E-state index contributed by atoms with van der Waals surface area (Å²) in [5.41, 5.74) is 0.319. The third-order valence-corrected chi connectivity index (χ3v) is 3.89. The predicted molar refractivity (Wildman–Crippen MR) is 75.2 cm³/mol. The number of ether oxygens (including phenoxy) is 1. The van der Waals surface area contributed by atoms with E-state index in [2.05, 4.69) is 10.5 Å². The molecule has 2 aromatic rings. The first-order valence-electron chi connectivity index (χ1n) is 5.68. The first-order chi connectivity index (χ1) is 9.81. The Balaban J connectivity index is 2.31. The quantitative estimate of drug-likeness (QED) is 0.863. The molecule has 0 saturated heterocycles. The summed E-state index contributed by atoms with van der Waals surface area (Å²) in [6.07, 6.45) is 0. The van der Waals surface area contributed by atoms with Gasteiger partial charge in [-0.25, -0.2) is 8.42 Å². The summed E-state index contributed by atoms with van der Waals surface area (Å²) in [5, 5.41) is 6.06. The number of methoxy groups -OCH3 is 1. The third kappa shape index (κ3) is 3.53. The number of carbonyl (C=O) groups is 1. The monoisotopic (exact) mass is 330 g/mol. The standard InChI is InChI=1S/C12H11ClN2O5S/c1-7-5-9(15-20-7)12(16)14-8-3-4-10(19-2)11(6-8)21(13,17)18/h3-6H,1-2H3,(H,14,16). The number of anilines is 1. The summed E-state index contributed by atoms with van der Waals surface area (Å²) < 4.78 is 32.6. The molecule has 0 aliphatic rings. The summed E-state index contributed by atoms with van der Waals surface area (Å²) in [7, 11) is 2.64. The molecule has 21 heavy (non-hydrogen) atoms. The highest BCUT2D eigenvalue weighted by atomic mass is 35.7. The van der Waals surface area contributed by atoms with E-state index in [1.165, 1.54) is 31.4 Å². The molecule has 1 amide bonds. The molecule has 1 aromatic carbocycles. The lowest BCUT2D eigenvalue weighted by atomic mass is 10.3. The molecule has 0 radical (unpaired) electrons. The van der Waals surface area contributed by atoms with E-state index in [9.17, 15) is 13.2 Å². The van der Waals surface area contributed by atoms with Gasteiger partial charge in [0.05, 0.1) is 7.11 Å². The van der Waals surface area contributed by atoms with E-state index in [1.807, 2.05) is 0 Å². The molecule has 0 unspecified atom stereocenters. The first kappa shape index (κ1) is 15.3. The van der Waals surface area contributed by atoms with Crippen LogP contribution in [0.5, 0.6) is 5.75 Å². The van der Waals surface area contributed by atoms with Gasteiger partial charge in [0.2, 0.25) is 0 Å². The lowest BCUT2D eigenvalue weighted by molar-refractivity contribution is 0.101. The minimum atomic E-state index is -4.00. The number of halogens is 1. The maximum Gasteiger partial charge on any atom is 0.277 e. The van der Waals surface area contributed by atoms with Gasteiger partial charge < -0.3 is 14.6 Å². The van der Waals surface area contributed by atoms with E-state index in [0.29, 0.717) is 5.76 Å². The third-order valence-electron chi connectivity index (χ3n) is 2.54. The van der Waals surface area contributed by atoms with Crippen LogP contribution in [0, 0.1) is 6.92 Å². The minimum Gasteiger partial charge on any atom is -0.495 e. The number of aromatic nitrogens is 1. The largest absolute Gasteiger partial charge is 0.495 e. The molecule has 0 atom stereocenters. The Hall–Kier alpha value is -2.06. The smallest absolute Gasteiger partial charge is 0.277 e. The zero-order valence-corrected chi connectivity index (χ0v) is 12.7. The molecule has 0 aliphatic carbocycles. The fourth-order valence-corrected chi connectivity index (χ4v) is 2.63. The van der Waals surface area contributed by atoms with Crippen LogP contribution in [0.2, 0.25) is 0 Å². The van der Waals surface area contributed by atoms with Gasteiger partial charge in [-0.2, -0.15) is 0 Å². The van der Waals surface area contributed by atoms with E-state index in [1.54, 1.807) is 6.92 Å². The van der Waals surface area contributed by atoms with Crippen molar-refractivity contribution < 1.29 is 22.5 Å². The molecule has 0 saturated carbocycles. The van der Waals surface area contributed by atoms with Crippen molar-refractivity contribution in [2.75, 3.05) is 12.4 Å². The van der Waals surface area contributed by atoms with Crippen molar-refractivity contribution in [1.29, 1.82) is 0 Å². The minimum absolute atomic E-state index is 0.0820. The normalized spacial score (nSPS) is 11.2. The van der Waals surface area contributed by atoms with Crippen molar-refractivity contribution in [2.24, 2.45) is 0 Å². The fraction of sp³-hybridized carbons (Fsp3) is 0.167. The van der Waals surface area contributed by atoms with Crippen molar-refractivity contribution in [1.82, 2.24) is 5.16 Å². The van der Waals surface area contributed by atoms with Gasteiger partial charge in [-0.3, -0.25) is 4.79 Å². The van der Waals surface area contributed by atoms with Gasteiger partial charge in [-0.05, 0) is 25.1 Å². The van der Waals surface area contributed by atoms with Crippen LogP contribution in [0.25, 0.3) is 0 Å². The van der Waals surface area contributed by atoms with Crippen molar-refractivity contribution in [2.45, 2.75) is 11.8 Å². The van der Waals surface area contributed by atoms with Crippen LogP contribution in [-0.2, 0) is 9.05 Å². The second kappa shape index (κ2) is 5.74. The number of hydrogen-bond donors (Lipinski definition) is 1. The van der Waals surface area contributed by atoms with Crippen LogP contribution in [0.15, 0.2) is 33.7 Å². The maximum atomic E-state index is 11.9. The number of nitrogens with one attached hydrogen (secondary N) is 1. The Labute approximate surface area is 125 Å². The van der Waals surface area contributed by atoms with Gasteiger partial charge in [-0.15, -0.1) is 0 Å². The summed E-state index contributed by atoms with van der Waals surface area (Å²) >= 11 is 0. The lowest BCUT2D eigenvalue weighted by Gasteiger charge is -2.08. The Morgan fingerprint density at radius 1 is 1.38 bits per heavy atom. The summed E-state index contributed by atoms with van der Waals surface area (Å²) in [6.45, 7) is 1.65. The van der Waals surface area contributed by atoms with Crippen LogP contribution < -0.4 is 10.1 Å². The number of aryl methyl sites for hydroxylation is 1. The van der Waals surface area contributed by atoms with Crippen molar-refractivity contribution in [3.05, 3.63) is 35.7 Å². The van der Waals surface area contributed by atoms with Gasteiger partial charge in [-0.1, -0.05) is 5.16 Å². The van der Waals surface area contributed by atoms with E-state index >= 15 is 0 Å². The molecule has 1 N–H and O–H groups in total. The van der Waals surface area contributed by atoms with Gasteiger partial charge in [0.1, 0.15) is 16.4 Å². The molecule has 0 fully saturated rings. The molecule has 2 rings (SSSR count). The topological polar surface area (TPSA) is 98.5 Å².